The SMILES string of the molecule is CCOC(=O)C1CC(Oc2ccc(-n3ccnc3)cc2)CCN1c1ncccc1[N+](=O)[O-]. The lowest BCUT2D eigenvalue weighted by Gasteiger charge is -2.38. The first-order chi connectivity index (χ1) is 15.6. The van der Waals surface area contributed by atoms with E-state index in [4.69, 9.17) is 9.47 Å². The number of ether oxygens (including phenoxy) is 2. The van der Waals surface area contributed by atoms with Gasteiger partial charge in [0.05, 0.1) is 17.9 Å². The molecule has 0 amide bonds. The van der Waals surface area contributed by atoms with E-state index >= 15 is 0 Å². The Balaban J connectivity index is 1.52. The van der Waals surface area contributed by atoms with Crippen LogP contribution in [-0.2, 0) is 9.53 Å². The second-order valence-electron chi connectivity index (χ2n) is 7.29. The molecule has 1 fully saturated rings. The first-order valence-electron chi connectivity index (χ1n) is 10.3. The molecule has 10 heteroatoms. The quantitative estimate of drug-likeness (QED) is 0.315. The summed E-state index contributed by atoms with van der Waals surface area (Å²) >= 11 is 0. The van der Waals surface area contributed by atoms with E-state index in [0.717, 1.165) is 5.69 Å². The molecule has 0 radical (unpaired) electrons. The lowest BCUT2D eigenvalue weighted by atomic mass is 9.98. The molecular weight excluding hydrogens is 414 g/mol. The second-order valence-corrected chi connectivity index (χ2v) is 7.29. The van der Waals surface area contributed by atoms with Crippen molar-refractivity contribution in [1.82, 2.24) is 14.5 Å². The van der Waals surface area contributed by atoms with Crippen molar-refractivity contribution in [2.75, 3.05) is 18.1 Å². The molecular formula is C22H23N5O5. The van der Waals surface area contributed by atoms with E-state index in [-0.39, 0.29) is 24.2 Å². The number of hydrogen-bond donors (Lipinski definition) is 0. The summed E-state index contributed by atoms with van der Waals surface area (Å²) in [5.41, 5.74) is 0.813. The fraction of sp³-hybridized carbons (Fsp3) is 0.318. The number of carbonyl (C=O) groups excluding carboxylic acids is 1. The highest BCUT2D eigenvalue weighted by Crippen LogP contribution is 2.32. The van der Waals surface area contributed by atoms with Gasteiger partial charge in [-0.2, -0.15) is 0 Å². The van der Waals surface area contributed by atoms with E-state index in [1.54, 1.807) is 24.3 Å². The van der Waals surface area contributed by atoms with Crippen molar-refractivity contribution >= 4 is 17.5 Å². The van der Waals surface area contributed by atoms with E-state index in [1.807, 2.05) is 35.0 Å². The van der Waals surface area contributed by atoms with Crippen LogP contribution in [0.25, 0.3) is 5.69 Å². The Kier molecular flexibility index (Phi) is 6.29. The number of benzene rings is 1. The number of imidazole rings is 1. The van der Waals surface area contributed by atoms with Crippen LogP contribution in [0.5, 0.6) is 5.75 Å². The van der Waals surface area contributed by atoms with Gasteiger partial charge in [0.25, 0.3) is 0 Å². The van der Waals surface area contributed by atoms with Crippen LogP contribution >= 0.6 is 0 Å². The third-order valence-electron chi connectivity index (χ3n) is 5.29. The van der Waals surface area contributed by atoms with Crippen molar-refractivity contribution in [1.29, 1.82) is 0 Å². The number of piperidine rings is 1. The Morgan fingerprint density at radius 2 is 2.06 bits per heavy atom. The van der Waals surface area contributed by atoms with Gasteiger partial charge in [-0.25, -0.2) is 14.8 Å². The standard InChI is InChI=1S/C22H23N5O5/c1-2-31-22(28)20-14-18(9-12-26(20)21-19(27(29)30)4-3-10-24-21)32-17-7-5-16(6-8-17)25-13-11-23-15-25/h3-8,10-11,13,15,18,20H,2,9,12,14H2,1H3. The summed E-state index contributed by atoms with van der Waals surface area (Å²) in [6, 6.07) is 9.74. The lowest BCUT2D eigenvalue weighted by Crippen LogP contribution is -2.51. The topological polar surface area (TPSA) is 113 Å². The Labute approximate surface area is 184 Å². The molecule has 0 aliphatic carbocycles. The number of pyridine rings is 1. The summed E-state index contributed by atoms with van der Waals surface area (Å²) in [6.07, 6.45) is 7.42. The summed E-state index contributed by atoms with van der Waals surface area (Å²) < 4.78 is 13.3. The van der Waals surface area contributed by atoms with Gasteiger partial charge >= 0.3 is 11.7 Å². The second kappa shape index (κ2) is 9.46. The van der Waals surface area contributed by atoms with Gasteiger partial charge in [0.2, 0.25) is 5.82 Å². The van der Waals surface area contributed by atoms with Crippen LogP contribution in [0.15, 0.2) is 61.3 Å². The summed E-state index contributed by atoms with van der Waals surface area (Å²) in [4.78, 5) is 33.6. The molecule has 0 N–H and O–H groups in total. The van der Waals surface area contributed by atoms with Crippen molar-refractivity contribution in [3.63, 3.8) is 0 Å². The highest BCUT2D eigenvalue weighted by atomic mass is 16.6. The normalized spacial score (nSPS) is 18.2. The van der Waals surface area contributed by atoms with Crippen molar-refractivity contribution in [2.45, 2.75) is 31.9 Å². The average Bonchev–Trinajstić information content (AvgIpc) is 3.35. The predicted molar refractivity (Wildman–Crippen MR) is 116 cm³/mol. The van der Waals surface area contributed by atoms with E-state index in [2.05, 4.69) is 9.97 Å². The van der Waals surface area contributed by atoms with E-state index in [0.29, 0.717) is 25.1 Å². The third kappa shape index (κ3) is 4.53. The fourth-order valence-electron chi connectivity index (χ4n) is 3.81. The predicted octanol–water partition coefficient (Wildman–Crippen LogP) is 3.16. The Hall–Kier alpha value is -3.95. The molecule has 2 aromatic heterocycles. The Morgan fingerprint density at radius 3 is 2.75 bits per heavy atom. The highest BCUT2D eigenvalue weighted by Gasteiger charge is 2.38. The van der Waals surface area contributed by atoms with Gasteiger partial charge < -0.3 is 18.9 Å². The molecule has 3 aromatic rings. The largest absolute Gasteiger partial charge is 0.490 e. The summed E-state index contributed by atoms with van der Waals surface area (Å²) in [7, 11) is 0. The summed E-state index contributed by atoms with van der Waals surface area (Å²) in [6.45, 7) is 2.32. The third-order valence-corrected chi connectivity index (χ3v) is 5.29. The van der Waals surface area contributed by atoms with Crippen LogP contribution in [0.3, 0.4) is 0 Å². The first-order valence-corrected chi connectivity index (χ1v) is 10.3. The number of aromatic nitrogens is 3. The molecule has 4 rings (SSSR count). The van der Waals surface area contributed by atoms with Crippen molar-refractivity contribution in [2.24, 2.45) is 0 Å². The van der Waals surface area contributed by atoms with Gasteiger partial charge in [-0.05, 0) is 37.3 Å². The Morgan fingerprint density at radius 1 is 1.25 bits per heavy atom. The molecule has 2 atom stereocenters. The van der Waals surface area contributed by atoms with E-state index < -0.39 is 16.9 Å². The van der Waals surface area contributed by atoms with Crippen molar-refractivity contribution in [3.05, 3.63) is 71.4 Å². The first kappa shape index (κ1) is 21.3. The van der Waals surface area contributed by atoms with Crippen LogP contribution in [0.2, 0.25) is 0 Å². The minimum Gasteiger partial charge on any atom is -0.490 e. The molecule has 10 nitrogen and oxygen atoms in total. The highest BCUT2D eigenvalue weighted by molar-refractivity contribution is 5.81. The minimum absolute atomic E-state index is 0.142. The molecule has 3 heterocycles. The number of nitrogens with zero attached hydrogens (tertiary/aromatic N) is 5. The number of esters is 1. The number of anilines is 1. The number of hydrogen-bond acceptors (Lipinski definition) is 8. The zero-order valence-corrected chi connectivity index (χ0v) is 17.5. The van der Waals surface area contributed by atoms with E-state index in [1.165, 1.54) is 18.3 Å². The maximum absolute atomic E-state index is 12.7. The molecule has 0 spiro atoms. The van der Waals surface area contributed by atoms with Crippen molar-refractivity contribution in [3.8, 4) is 11.4 Å². The zero-order chi connectivity index (χ0) is 22.5. The maximum Gasteiger partial charge on any atom is 0.328 e. The van der Waals surface area contributed by atoms with Gasteiger partial charge in [-0.3, -0.25) is 10.1 Å². The zero-order valence-electron chi connectivity index (χ0n) is 17.5. The molecule has 0 saturated carbocycles. The van der Waals surface area contributed by atoms with Crippen LogP contribution < -0.4 is 9.64 Å². The van der Waals surface area contributed by atoms with Gasteiger partial charge in [-0.1, -0.05) is 0 Å². The molecule has 1 aromatic carbocycles. The van der Waals surface area contributed by atoms with Gasteiger partial charge in [0.1, 0.15) is 17.9 Å². The molecule has 166 valence electrons. The van der Waals surface area contributed by atoms with Crippen LogP contribution in [0.1, 0.15) is 19.8 Å². The molecule has 1 saturated heterocycles. The average molecular weight is 437 g/mol. The Bertz CT molecular complexity index is 1070. The van der Waals surface area contributed by atoms with Crippen molar-refractivity contribution < 1.29 is 19.2 Å². The van der Waals surface area contributed by atoms with Crippen LogP contribution in [0.4, 0.5) is 11.5 Å². The van der Waals surface area contributed by atoms with Crippen LogP contribution in [-0.4, -0.2) is 50.7 Å². The summed E-state index contributed by atoms with van der Waals surface area (Å²) in [5.74, 6) is 0.397. The fourth-order valence-corrected chi connectivity index (χ4v) is 3.81. The van der Waals surface area contributed by atoms with E-state index in [9.17, 15) is 14.9 Å². The number of nitro groups is 1. The molecule has 0 bridgehead atoms. The number of carbonyl (C=O) groups is 1. The monoisotopic (exact) mass is 437 g/mol. The van der Waals surface area contributed by atoms with Gasteiger partial charge in [-0.15, -0.1) is 0 Å². The lowest BCUT2D eigenvalue weighted by molar-refractivity contribution is -0.384. The molecule has 32 heavy (non-hydrogen) atoms. The van der Waals surface area contributed by atoms with Gasteiger partial charge in [0.15, 0.2) is 0 Å². The van der Waals surface area contributed by atoms with Gasteiger partial charge in [0, 0.05) is 49.7 Å². The smallest absolute Gasteiger partial charge is 0.328 e. The minimum atomic E-state index is -0.729. The molecule has 1 aliphatic heterocycles. The molecule has 2 unspecified atom stereocenters. The molecule has 1 aliphatic rings. The van der Waals surface area contributed by atoms with Crippen LogP contribution in [0, 0.1) is 10.1 Å². The maximum atomic E-state index is 12.7. The summed E-state index contributed by atoms with van der Waals surface area (Å²) in [5, 5.41) is 11.5. The number of rotatable bonds is 7.